The molecule has 3 rings (SSSR count). The summed E-state index contributed by atoms with van der Waals surface area (Å²) in [6.07, 6.45) is 4.85. The molecule has 4 amide bonds. The number of ether oxygens (including phenoxy) is 1. The van der Waals surface area contributed by atoms with Crippen LogP contribution in [0, 0.1) is 11.3 Å². The van der Waals surface area contributed by atoms with Crippen molar-refractivity contribution in [2.45, 2.75) is 78.3 Å². The van der Waals surface area contributed by atoms with Gasteiger partial charge in [-0.2, -0.15) is 0 Å². The van der Waals surface area contributed by atoms with E-state index >= 15 is 0 Å². The van der Waals surface area contributed by atoms with Crippen LogP contribution in [0.2, 0.25) is 0 Å². The third-order valence-electron chi connectivity index (χ3n) is 8.02. The summed E-state index contributed by atoms with van der Waals surface area (Å²) in [4.78, 5) is 52.8. The van der Waals surface area contributed by atoms with Crippen LogP contribution in [0.4, 0.5) is 4.79 Å². The largest absolute Gasteiger partial charge is 0.454 e. The molecule has 8 heteroatoms. The number of hydrogen-bond acceptors (Lipinski definition) is 5. The van der Waals surface area contributed by atoms with Crippen molar-refractivity contribution in [3.05, 3.63) is 35.4 Å². The zero-order valence-electron chi connectivity index (χ0n) is 21.7. The molecule has 1 N–H and O–H groups in total. The summed E-state index contributed by atoms with van der Waals surface area (Å²) < 4.78 is 5.11. The van der Waals surface area contributed by atoms with E-state index in [2.05, 4.69) is 33.0 Å². The Hall–Kier alpha value is -2.90. The van der Waals surface area contributed by atoms with Gasteiger partial charge in [0.15, 0.2) is 6.61 Å². The highest BCUT2D eigenvalue weighted by atomic mass is 16.5. The SMILES string of the molecule is CCc1ccc(CN(C)C(=O)COC(=O)CN2C(=O)NC3(CCC(C(C)(C)CC)CC3)C2=O)cc1. The predicted octanol–water partition coefficient (Wildman–Crippen LogP) is 3.67. The van der Waals surface area contributed by atoms with Crippen molar-refractivity contribution < 1.29 is 23.9 Å². The van der Waals surface area contributed by atoms with Gasteiger partial charge in [-0.05, 0) is 54.6 Å². The van der Waals surface area contributed by atoms with Gasteiger partial charge in [0.2, 0.25) is 0 Å². The maximum Gasteiger partial charge on any atom is 0.326 e. The van der Waals surface area contributed by atoms with Crippen molar-refractivity contribution in [3.63, 3.8) is 0 Å². The Labute approximate surface area is 208 Å². The number of carbonyl (C=O) groups excluding carboxylic acids is 4. The first-order chi connectivity index (χ1) is 16.5. The highest BCUT2D eigenvalue weighted by Crippen LogP contribution is 2.45. The molecule has 1 saturated carbocycles. The summed E-state index contributed by atoms with van der Waals surface area (Å²) in [5, 5.41) is 2.84. The van der Waals surface area contributed by atoms with Crippen LogP contribution in [-0.4, -0.2) is 59.4 Å². The molecule has 1 heterocycles. The number of likely N-dealkylation sites (N-methyl/N-ethyl adjacent to an activating group) is 1. The van der Waals surface area contributed by atoms with Crippen LogP contribution >= 0.6 is 0 Å². The van der Waals surface area contributed by atoms with Crippen LogP contribution < -0.4 is 5.32 Å². The molecule has 1 aliphatic carbocycles. The van der Waals surface area contributed by atoms with Crippen LogP contribution in [-0.2, 0) is 32.1 Å². The minimum absolute atomic E-state index is 0.190. The fourth-order valence-corrected chi connectivity index (χ4v) is 5.01. The minimum atomic E-state index is -0.930. The summed E-state index contributed by atoms with van der Waals surface area (Å²) in [5.74, 6) is -1.01. The number of nitrogens with one attached hydrogen (secondary N) is 1. The number of benzene rings is 1. The molecule has 1 saturated heterocycles. The Balaban J connectivity index is 1.48. The predicted molar refractivity (Wildman–Crippen MR) is 132 cm³/mol. The maximum atomic E-state index is 13.1. The molecule has 2 fully saturated rings. The lowest BCUT2D eigenvalue weighted by Gasteiger charge is -2.42. The zero-order valence-corrected chi connectivity index (χ0v) is 21.7. The summed E-state index contributed by atoms with van der Waals surface area (Å²) >= 11 is 0. The summed E-state index contributed by atoms with van der Waals surface area (Å²) in [6.45, 7) is 8.20. The topological polar surface area (TPSA) is 96.0 Å². The Morgan fingerprint density at radius 3 is 2.29 bits per heavy atom. The number of nitrogens with zero attached hydrogens (tertiary/aromatic N) is 2. The average Bonchev–Trinajstić information content (AvgIpc) is 3.06. The number of aryl methyl sites for hydroxylation is 1. The Morgan fingerprint density at radius 2 is 1.71 bits per heavy atom. The third kappa shape index (κ3) is 6.03. The van der Waals surface area contributed by atoms with E-state index in [1.54, 1.807) is 7.05 Å². The first-order valence-corrected chi connectivity index (χ1v) is 12.6. The van der Waals surface area contributed by atoms with Crippen LogP contribution in [0.1, 0.15) is 70.9 Å². The maximum absolute atomic E-state index is 13.1. The van der Waals surface area contributed by atoms with Crippen LogP contribution in [0.15, 0.2) is 24.3 Å². The van der Waals surface area contributed by atoms with E-state index in [-0.39, 0.29) is 17.2 Å². The third-order valence-corrected chi connectivity index (χ3v) is 8.02. The van der Waals surface area contributed by atoms with Gasteiger partial charge < -0.3 is 15.0 Å². The molecule has 8 nitrogen and oxygen atoms in total. The van der Waals surface area contributed by atoms with Crippen molar-refractivity contribution in [1.82, 2.24) is 15.1 Å². The molecule has 0 aromatic heterocycles. The van der Waals surface area contributed by atoms with Crippen molar-refractivity contribution in [2.75, 3.05) is 20.2 Å². The Bertz CT molecular complexity index is 948. The number of hydrogen-bond donors (Lipinski definition) is 1. The number of rotatable bonds is 9. The fourth-order valence-electron chi connectivity index (χ4n) is 5.01. The molecule has 0 unspecified atom stereocenters. The molecule has 0 atom stereocenters. The smallest absolute Gasteiger partial charge is 0.326 e. The van der Waals surface area contributed by atoms with E-state index < -0.39 is 30.7 Å². The van der Waals surface area contributed by atoms with Crippen LogP contribution in [0.5, 0.6) is 0 Å². The molecule has 192 valence electrons. The standard InChI is InChI=1S/C27H39N3O5/c1-6-19-8-10-20(11-9-19)16-29(5)22(31)18-35-23(32)17-30-24(33)27(28-25(30)34)14-12-21(13-15-27)26(3,4)7-2/h8-11,21H,6-7,12-18H2,1-5H3,(H,28,34). The quantitative estimate of drug-likeness (QED) is 0.425. The molecule has 1 aromatic carbocycles. The highest BCUT2D eigenvalue weighted by Gasteiger charge is 2.53. The van der Waals surface area contributed by atoms with Crippen LogP contribution in [0.25, 0.3) is 0 Å². The van der Waals surface area contributed by atoms with E-state index in [1.807, 2.05) is 24.3 Å². The van der Waals surface area contributed by atoms with Gasteiger partial charge in [0.1, 0.15) is 12.1 Å². The first kappa shape index (κ1) is 26.7. The molecule has 2 aliphatic rings. The monoisotopic (exact) mass is 485 g/mol. The second-order valence-electron chi connectivity index (χ2n) is 10.6. The number of esters is 1. The van der Waals surface area contributed by atoms with E-state index in [0.717, 1.165) is 36.1 Å². The van der Waals surface area contributed by atoms with Gasteiger partial charge in [0.05, 0.1) is 0 Å². The normalized spacial score (nSPS) is 22.3. The highest BCUT2D eigenvalue weighted by molar-refractivity contribution is 6.08. The molecular weight excluding hydrogens is 446 g/mol. The van der Waals surface area contributed by atoms with E-state index in [1.165, 1.54) is 10.5 Å². The zero-order chi connectivity index (χ0) is 25.8. The second-order valence-corrected chi connectivity index (χ2v) is 10.6. The van der Waals surface area contributed by atoms with E-state index in [4.69, 9.17) is 4.74 Å². The molecule has 1 aromatic rings. The minimum Gasteiger partial charge on any atom is -0.454 e. The molecule has 1 aliphatic heterocycles. The fraction of sp³-hybridized carbons (Fsp3) is 0.630. The number of carbonyl (C=O) groups is 4. The lowest BCUT2D eigenvalue weighted by Crippen LogP contribution is -2.51. The Morgan fingerprint density at radius 1 is 1.11 bits per heavy atom. The summed E-state index contributed by atoms with van der Waals surface area (Å²) in [7, 11) is 1.64. The lowest BCUT2D eigenvalue weighted by molar-refractivity contribution is -0.153. The van der Waals surface area contributed by atoms with Gasteiger partial charge >= 0.3 is 12.0 Å². The van der Waals surface area contributed by atoms with E-state index in [9.17, 15) is 19.2 Å². The van der Waals surface area contributed by atoms with Crippen molar-refractivity contribution in [1.29, 1.82) is 0 Å². The van der Waals surface area contributed by atoms with E-state index in [0.29, 0.717) is 25.3 Å². The van der Waals surface area contributed by atoms with Gasteiger partial charge in [0.25, 0.3) is 11.8 Å². The Kier molecular flexibility index (Phi) is 8.23. The molecule has 1 spiro atoms. The summed E-state index contributed by atoms with van der Waals surface area (Å²) in [5.41, 5.74) is 1.46. The molecular formula is C27H39N3O5. The van der Waals surface area contributed by atoms with Gasteiger partial charge in [-0.1, -0.05) is 58.4 Å². The summed E-state index contributed by atoms with van der Waals surface area (Å²) in [6, 6.07) is 7.42. The van der Waals surface area contributed by atoms with Crippen LogP contribution in [0.3, 0.4) is 0 Å². The number of amides is 4. The van der Waals surface area contributed by atoms with Gasteiger partial charge in [-0.15, -0.1) is 0 Å². The average molecular weight is 486 g/mol. The van der Waals surface area contributed by atoms with Gasteiger partial charge in [-0.25, -0.2) is 4.79 Å². The van der Waals surface area contributed by atoms with Crippen molar-refractivity contribution in [3.8, 4) is 0 Å². The molecule has 0 radical (unpaired) electrons. The lowest BCUT2D eigenvalue weighted by atomic mass is 9.65. The molecule has 35 heavy (non-hydrogen) atoms. The number of imide groups is 1. The number of urea groups is 1. The van der Waals surface area contributed by atoms with Crippen molar-refractivity contribution in [2.24, 2.45) is 11.3 Å². The molecule has 0 bridgehead atoms. The second kappa shape index (κ2) is 10.8. The van der Waals surface area contributed by atoms with Gasteiger partial charge in [0, 0.05) is 13.6 Å². The van der Waals surface area contributed by atoms with Crippen molar-refractivity contribution >= 4 is 23.8 Å². The van der Waals surface area contributed by atoms with Gasteiger partial charge in [-0.3, -0.25) is 19.3 Å². The first-order valence-electron chi connectivity index (χ1n) is 12.6.